The van der Waals surface area contributed by atoms with E-state index in [0.29, 0.717) is 12.7 Å². The van der Waals surface area contributed by atoms with Crippen LogP contribution in [0.3, 0.4) is 0 Å². The number of hydrogen-bond donors (Lipinski definition) is 1. The molecule has 0 bridgehead atoms. The second-order valence-electron chi connectivity index (χ2n) is 6.52. The van der Waals surface area contributed by atoms with E-state index in [1.807, 2.05) is 0 Å². The third-order valence-corrected chi connectivity index (χ3v) is 3.46. The molecule has 1 heterocycles. The number of hydrogen-bond acceptors (Lipinski definition) is 3. The second-order valence-corrected chi connectivity index (χ2v) is 6.52. The topological polar surface area (TPSA) is 30.5 Å². The first-order chi connectivity index (χ1) is 7.78. The molecule has 1 aliphatic rings. The molecular formula is C14H29NO2. The number of piperidine rings is 1. The molecule has 3 nitrogen and oxygen atoms in total. The molecule has 0 aromatic carbocycles. The molecule has 1 rings (SSSR count). The maximum atomic E-state index is 6.03. The fraction of sp³-hybridized carbons (Fsp3) is 1.00. The predicted molar refractivity (Wildman–Crippen MR) is 71.4 cm³/mol. The summed E-state index contributed by atoms with van der Waals surface area (Å²) in [6.07, 6.45) is 3.71. The van der Waals surface area contributed by atoms with Gasteiger partial charge >= 0.3 is 0 Å². The second kappa shape index (κ2) is 5.68. The zero-order chi connectivity index (χ0) is 13.1. The number of ether oxygens (including phenoxy) is 2. The van der Waals surface area contributed by atoms with E-state index >= 15 is 0 Å². The summed E-state index contributed by atoms with van der Waals surface area (Å²) in [6.45, 7) is 11.8. The van der Waals surface area contributed by atoms with Crippen molar-refractivity contribution in [1.82, 2.24) is 5.32 Å². The van der Waals surface area contributed by atoms with Gasteiger partial charge in [-0.15, -0.1) is 0 Å². The van der Waals surface area contributed by atoms with Crippen LogP contribution in [0.15, 0.2) is 0 Å². The molecule has 0 aliphatic carbocycles. The van der Waals surface area contributed by atoms with Gasteiger partial charge in [-0.1, -0.05) is 6.92 Å². The van der Waals surface area contributed by atoms with E-state index in [1.165, 1.54) is 0 Å². The molecule has 0 radical (unpaired) electrons. The Labute approximate surface area is 106 Å². The lowest BCUT2D eigenvalue weighted by Crippen LogP contribution is -2.59. The average Bonchev–Trinajstić information content (AvgIpc) is 2.14. The molecule has 3 heteroatoms. The number of rotatable bonds is 5. The Morgan fingerprint density at radius 1 is 1.18 bits per heavy atom. The maximum Gasteiger partial charge on any atom is 0.0802 e. The van der Waals surface area contributed by atoms with Crippen molar-refractivity contribution in [3.05, 3.63) is 0 Å². The Morgan fingerprint density at radius 3 is 2.12 bits per heavy atom. The molecule has 0 spiro atoms. The molecule has 17 heavy (non-hydrogen) atoms. The quantitative estimate of drug-likeness (QED) is 0.805. The van der Waals surface area contributed by atoms with Crippen molar-refractivity contribution in [2.45, 2.75) is 77.2 Å². The van der Waals surface area contributed by atoms with Crippen molar-refractivity contribution in [3.8, 4) is 0 Å². The Balaban J connectivity index is 2.48. The van der Waals surface area contributed by atoms with Crippen LogP contribution in [0.4, 0.5) is 0 Å². The van der Waals surface area contributed by atoms with Gasteiger partial charge in [-0.25, -0.2) is 0 Å². The van der Waals surface area contributed by atoms with Crippen LogP contribution in [0.25, 0.3) is 0 Å². The summed E-state index contributed by atoms with van der Waals surface area (Å²) in [5.41, 5.74) is 0.308. The van der Waals surface area contributed by atoms with E-state index in [1.54, 1.807) is 7.11 Å². The van der Waals surface area contributed by atoms with E-state index in [4.69, 9.17) is 9.47 Å². The van der Waals surface area contributed by atoms with E-state index in [0.717, 1.165) is 19.3 Å². The summed E-state index contributed by atoms with van der Waals surface area (Å²) >= 11 is 0. The third-order valence-electron chi connectivity index (χ3n) is 3.46. The van der Waals surface area contributed by atoms with Gasteiger partial charge in [0.15, 0.2) is 0 Å². The summed E-state index contributed by atoms with van der Waals surface area (Å²) in [4.78, 5) is 0. The SMILES string of the molecule is CCC(COC1CC(C)(C)NC(C)(C)C1)OC. The molecule has 1 N–H and O–H groups in total. The van der Waals surface area contributed by atoms with Crippen LogP contribution in [0.5, 0.6) is 0 Å². The van der Waals surface area contributed by atoms with Crippen LogP contribution < -0.4 is 5.32 Å². The third kappa shape index (κ3) is 4.94. The van der Waals surface area contributed by atoms with Gasteiger partial charge in [-0.2, -0.15) is 0 Å². The Bertz CT molecular complexity index is 218. The van der Waals surface area contributed by atoms with Crippen LogP contribution in [0.2, 0.25) is 0 Å². The lowest BCUT2D eigenvalue weighted by Gasteiger charge is -2.46. The van der Waals surface area contributed by atoms with Gasteiger partial charge in [0.25, 0.3) is 0 Å². The molecule has 0 aromatic heterocycles. The summed E-state index contributed by atoms with van der Waals surface area (Å²) < 4.78 is 11.4. The highest BCUT2D eigenvalue weighted by Crippen LogP contribution is 2.30. The summed E-state index contributed by atoms with van der Waals surface area (Å²) in [6, 6.07) is 0. The van der Waals surface area contributed by atoms with Gasteiger partial charge in [0.05, 0.1) is 18.8 Å². The largest absolute Gasteiger partial charge is 0.379 e. The number of methoxy groups -OCH3 is 1. The minimum absolute atomic E-state index is 0.154. The molecule has 1 saturated heterocycles. The Morgan fingerprint density at radius 2 is 1.71 bits per heavy atom. The Kier molecular flexibility index (Phi) is 4.99. The highest BCUT2D eigenvalue weighted by molar-refractivity contribution is 4.97. The Hall–Kier alpha value is -0.120. The monoisotopic (exact) mass is 243 g/mol. The maximum absolute atomic E-state index is 6.03. The summed E-state index contributed by atoms with van der Waals surface area (Å²) in [7, 11) is 1.76. The standard InChI is InChI=1S/C14H29NO2/c1-7-11(16-6)10-17-12-8-13(2,3)15-14(4,5)9-12/h11-12,15H,7-10H2,1-6H3. The summed E-state index contributed by atoms with van der Waals surface area (Å²) in [5.74, 6) is 0. The van der Waals surface area contributed by atoms with Gasteiger partial charge < -0.3 is 14.8 Å². The summed E-state index contributed by atoms with van der Waals surface area (Å²) in [5, 5.41) is 3.67. The van der Waals surface area contributed by atoms with Crippen molar-refractivity contribution < 1.29 is 9.47 Å². The minimum atomic E-state index is 0.154. The lowest BCUT2D eigenvalue weighted by molar-refractivity contribution is -0.0645. The van der Waals surface area contributed by atoms with E-state index in [9.17, 15) is 0 Å². The van der Waals surface area contributed by atoms with Gasteiger partial charge in [-0.3, -0.25) is 0 Å². The highest BCUT2D eigenvalue weighted by Gasteiger charge is 2.38. The van der Waals surface area contributed by atoms with Crippen molar-refractivity contribution >= 4 is 0 Å². The van der Waals surface area contributed by atoms with Crippen LogP contribution in [-0.2, 0) is 9.47 Å². The minimum Gasteiger partial charge on any atom is -0.379 e. The fourth-order valence-electron chi connectivity index (χ4n) is 2.94. The molecule has 1 fully saturated rings. The van der Waals surface area contributed by atoms with Gasteiger partial charge in [-0.05, 0) is 47.0 Å². The predicted octanol–water partition coefficient (Wildman–Crippen LogP) is 2.74. The van der Waals surface area contributed by atoms with Gasteiger partial charge in [0.2, 0.25) is 0 Å². The van der Waals surface area contributed by atoms with Crippen molar-refractivity contribution in [2.24, 2.45) is 0 Å². The van der Waals surface area contributed by atoms with E-state index in [2.05, 4.69) is 39.9 Å². The fourth-order valence-corrected chi connectivity index (χ4v) is 2.94. The zero-order valence-electron chi connectivity index (χ0n) is 12.3. The van der Waals surface area contributed by atoms with E-state index < -0.39 is 0 Å². The molecule has 0 saturated carbocycles. The zero-order valence-corrected chi connectivity index (χ0v) is 12.3. The average molecular weight is 243 g/mol. The van der Waals surface area contributed by atoms with Crippen molar-refractivity contribution in [1.29, 1.82) is 0 Å². The first kappa shape index (κ1) is 14.9. The molecule has 1 atom stereocenters. The van der Waals surface area contributed by atoms with Crippen molar-refractivity contribution in [3.63, 3.8) is 0 Å². The number of nitrogens with one attached hydrogen (secondary N) is 1. The lowest BCUT2D eigenvalue weighted by atomic mass is 9.81. The normalized spacial score (nSPS) is 25.8. The van der Waals surface area contributed by atoms with Crippen LogP contribution in [0.1, 0.15) is 53.9 Å². The van der Waals surface area contributed by atoms with Gasteiger partial charge in [0, 0.05) is 18.2 Å². The molecule has 1 aliphatic heterocycles. The molecule has 102 valence electrons. The molecular weight excluding hydrogens is 214 g/mol. The van der Waals surface area contributed by atoms with E-state index in [-0.39, 0.29) is 17.2 Å². The van der Waals surface area contributed by atoms with Crippen LogP contribution in [-0.4, -0.2) is 37.0 Å². The van der Waals surface area contributed by atoms with Gasteiger partial charge in [0.1, 0.15) is 0 Å². The smallest absolute Gasteiger partial charge is 0.0802 e. The first-order valence-corrected chi connectivity index (χ1v) is 6.72. The first-order valence-electron chi connectivity index (χ1n) is 6.72. The van der Waals surface area contributed by atoms with Crippen LogP contribution >= 0.6 is 0 Å². The molecule has 1 unspecified atom stereocenters. The molecule has 0 amide bonds. The molecule has 0 aromatic rings. The van der Waals surface area contributed by atoms with Crippen LogP contribution in [0, 0.1) is 0 Å². The highest BCUT2D eigenvalue weighted by atomic mass is 16.5. The van der Waals surface area contributed by atoms with Crippen molar-refractivity contribution in [2.75, 3.05) is 13.7 Å².